The van der Waals surface area contributed by atoms with E-state index in [1.165, 1.54) is 0 Å². The van der Waals surface area contributed by atoms with Crippen molar-refractivity contribution in [3.63, 3.8) is 0 Å². The van der Waals surface area contributed by atoms with Gasteiger partial charge >= 0.3 is 0 Å². The second-order valence-corrected chi connectivity index (χ2v) is 4.07. The average Bonchev–Trinajstić information content (AvgIpc) is 2.37. The predicted molar refractivity (Wildman–Crippen MR) is 51.2 cm³/mol. The third-order valence-electron chi connectivity index (χ3n) is 3.46. The Hall–Kier alpha value is -1.35. The van der Waals surface area contributed by atoms with Crippen LogP contribution >= 0.6 is 0 Å². The van der Waals surface area contributed by atoms with Crippen LogP contribution in [0.5, 0.6) is 0 Å². The molecule has 0 radical (unpaired) electrons. The van der Waals surface area contributed by atoms with Crippen molar-refractivity contribution in [3.8, 4) is 0 Å². The Morgan fingerprint density at radius 3 is 2.64 bits per heavy atom. The molecule has 1 aromatic rings. The summed E-state index contributed by atoms with van der Waals surface area (Å²) in [6.07, 6.45) is 2.83. The lowest BCUT2D eigenvalue weighted by Gasteiger charge is -2.36. The van der Waals surface area contributed by atoms with Crippen molar-refractivity contribution in [2.24, 2.45) is 0 Å². The molecule has 0 atom stereocenters. The molecule has 3 heteroatoms. The molecule has 1 heterocycles. The van der Waals surface area contributed by atoms with Gasteiger partial charge in [-0.15, -0.1) is 0 Å². The summed E-state index contributed by atoms with van der Waals surface area (Å²) in [6.45, 7) is 0. The number of hydrogen-bond donors (Lipinski definition) is 1. The number of nitrogens with zero attached hydrogens (tertiary/aromatic N) is 1. The zero-order valence-electron chi connectivity index (χ0n) is 7.73. The topological polar surface area (TPSA) is 40.5 Å². The average molecular weight is 189 g/mol. The summed E-state index contributed by atoms with van der Waals surface area (Å²) in [7, 11) is 0. The fraction of sp³-hybridized carbons (Fsp3) is 0.364. The normalized spacial score (nSPS) is 22.4. The largest absolute Gasteiger partial charge is 0.281 e. The van der Waals surface area contributed by atoms with Crippen molar-refractivity contribution >= 4 is 11.6 Å². The molecular formula is C11H11NO2. The smallest absolute Gasteiger partial charge is 0.261 e. The maximum atomic E-state index is 11.8. The number of rotatable bonds is 0. The van der Waals surface area contributed by atoms with Crippen LogP contribution in [-0.4, -0.2) is 11.1 Å². The number of hydroxylamine groups is 1. The fourth-order valence-corrected chi connectivity index (χ4v) is 2.50. The van der Waals surface area contributed by atoms with Gasteiger partial charge in [-0.2, -0.15) is 5.06 Å². The first-order valence-electron chi connectivity index (χ1n) is 4.89. The van der Waals surface area contributed by atoms with Crippen LogP contribution in [0.3, 0.4) is 0 Å². The molecule has 1 N–H and O–H groups in total. The molecule has 1 spiro atoms. The summed E-state index contributed by atoms with van der Waals surface area (Å²) < 4.78 is 0. The molecular weight excluding hydrogens is 178 g/mol. The lowest BCUT2D eigenvalue weighted by atomic mass is 9.65. The second-order valence-electron chi connectivity index (χ2n) is 4.07. The standard InChI is InChI=1S/C11H11NO2/c13-10-11(6-3-7-11)8-4-1-2-5-9(8)12(10)14/h1-2,4-5,14H,3,6-7H2. The van der Waals surface area contributed by atoms with Gasteiger partial charge in [-0.1, -0.05) is 24.6 Å². The molecule has 1 aromatic carbocycles. The number of carbonyl (C=O) groups excluding carboxylic acids is 1. The Balaban J connectivity index is 2.23. The van der Waals surface area contributed by atoms with Gasteiger partial charge in [-0.25, -0.2) is 0 Å². The lowest BCUT2D eigenvalue weighted by molar-refractivity contribution is -0.130. The molecule has 72 valence electrons. The molecule has 0 unspecified atom stereocenters. The van der Waals surface area contributed by atoms with Gasteiger partial charge in [-0.05, 0) is 24.5 Å². The maximum absolute atomic E-state index is 11.8. The summed E-state index contributed by atoms with van der Waals surface area (Å²) in [6, 6.07) is 7.50. The zero-order chi connectivity index (χ0) is 9.76. The first-order chi connectivity index (χ1) is 6.76. The number of carbonyl (C=O) groups is 1. The molecule has 0 saturated heterocycles. The monoisotopic (exact) mass is 189 g/mol. The highest BCUT2D eigenvalue weighted by molar-refractivity contribution is 6.06. The highest BCUT2D eigenvalue weighted by Gasteiger charge is 2.54. The van der Waals surface area contributed by atoms with E-state index in [-0.39, 0.29) is 11.3 Å². The van der Waals surface area contributed by atoms with E-state index in [1.807, 2.05) is 18.2 Å². The van der Waals surface area contributed by atoms with Gasteiger partial charge < -0.3 is 0 Å². The first-order valence-corrected chi connectivity index (χ1v) is 4.89. The Kier molecular flexibility index (Phi) is 1.35. The summed E-state index contributed by atoms with van der Waals surface area (Å²) in [4.78, 5) is 11.8. The number of anilines is 1. The van der Waals surface area contributed by atoms with Crippen molar-refractivity contribution in [2.75, 3.05) is 5.06 Å². The van der Waals surface area contributed by atoms with Gasteiger partial charge in [0.05, 0.1) is 11.1 Å². The van der Waals surface area contributed by atoms with Crippen molar-refractivity contribution in [2.45, 2.75) is 24.7 Å². The van der Waals surface area contributed by atoms with E-state index < -0.39 is 0 Å². The molecule has 14 heavy (non-hydrogen) atoms. The van der Waals surface area contributed by atoms with E-state index in [0.29, 0.717) is 5.69 Å². The predicted octanol–water partition coefficient (Wildman–Crippen LogP) is 1.84. The number of amides is 1. The van der Waals surface area contributed by atoms with E-state index >= 15 is 0 Å². The highest BCUT2D eigenvalue weighted by atomic mass is 16.5. The van der Waals surface area contributed by atoms with Crippen LogP contribution in [0.25, 0.3) is 0 Å². The van der Waals surface area contributed by atoms with Gasteiger partial charge in [0.2, 0.25) is 0 Å². The number of benzene rings is 1. The van der Waals surface area contributed by atoms with Gasteiger partial charge in [0.1, 0.15) is 0 Å². The van der Waals surface area contributed by atoms with Crippen molar-refractivity contribution in [1.29, 1.82) is 0 Å². The highest BCUT2D eigenvalue weighted by Crippen LogP contribution is 2.52. The Morgan fingerprint density at radius 2 is 2.00 bits per heavy atom. The Morgan fingerprint density at radius 1 is 1.29 bits per heavy atom. The molecule has 1 aliphatic heterocycles. The van der Waals surface area contributed by atoms with Gasteiger partial charge in [0, 0.05) is 0 Å². The third kappa shape index (κ3) is 0.700. The minimum absolute atomic E-state index is 0.148. The van der Waals surface area contributed by atoms with E-state index in [4.69, 9.17) is 0 Å². The van der Waals surface area contributed by atoms with E-state index in [9.17, 15) is 10.0 Å². The summed E-state index contributed by atoms with van der Waals surface area (Å²) in [5, 5.41) is 10.4. The molecule has 0 aromatic heterocycles. The van der Waals surface area contributed by atoms with Crippen LogP contribution in [0.1, 0.15) is 24.8 Å². The van der Waals surface area contributed by atoms with Crippen LogP contribution < -0.4 is 5.06 Å². The van der Waals surface area contributed by atoms with Crippen LogP contribution in [0, 0.1) is 0 Å². The van der Waals surface area contributed by atoms with Crippen LogP contribution in [0.4, 0.5) is 5.69 Å². The van der Waals surface area contributed by atoms with Gasteiger partial charge in [-0.3, -0.25) is 10.0 Å². The van der Waals surface area contributed by atoms with Crippen molar-refractivity contribution < 1.29 is 10.0 Å². The molecule has 2 aliphatic rings. The molecule has 3 rings (SSSR count). The summed E-state index contributed by atoms with van der Waals surface area (Å²) in [5.74, 6) is -0.148. The van der Waals surface area contributed by atoms with E-state index in [1.54, 1.807) is 6.07 Å². The van der Waals surface area contributed by atoms with Crippen molar-refractivity contribution in [1.82, 2.24) is 0 Å². The van der Waals surface area contributed by atoms with Crippen molar-refractivity contribution in [3.05, 3.63) is 29.8 Å². The molecule has 1 amide bonds. The minimum atomic E-state index is -0.384. The Bertz CT molecular complexity index is 410. The van der Waals surface area contributed by atoms with Gasteiger partial charge in [0.25, 0.3) is 5.91 Å². The zero-order valence-corrected chi connectivity index (χ0v) is 7.73. The maximum Gasteiger partial charge on any atom is 0.261 e. The fourth-order valence-electron chi connectivity index (χ4n) is 2.50. The van der Waals surface area contributed by atoms with Crippen LogP contribution in [0.2, 0.25) is 0 Å². The number of hydrogen-bond acceptors (Lipinski definition) is 2. The van der Waals surface area contributed by atoms with E-state index in [2.05, 4.69) is 0 Å². The minimum Gasteiger partial charge on any atom is -0.281 e. The molecule has 1 fully saturated rings. The molecule has 1 saturated carbocycles. The van der Waals surface area contributed by atoms with Gasteiger partial charge in [0.15, 0.2) is 0 Å². The van der Waals surface area contributed by atoms with Crippen LogP contribution in [-0.2, 0) is 10.2 Å². The SMILES string of the molecule is O=C1N(O)c2ccccc2C12CCC2. The quantitative estimate of drug-likeness (QED) is 0.632. The lowest BCUT2D eigenvalue weighted by Crippen LogP contribution is -2.44. The first kappa shape index (κ1) is 8.00. The van der Waals surface area contributed by atoms with E-state index in [0.717, 1.165) is 29.9 Å². The third-order valence-corrected chi connectivity index (χ3v) is 3.46. The number of para-hydroxylation sites is 1. The molecule has 0 bridgehead atoms. The molecule has 1 aliphatic carbocycles. The summed E-state index contributed by atoms with van der Waals surface area (Å²) in [5.41, 5.74) is 1.28. The Labute approximate surface area is 81.9 Å². The van der Waals surface area contributed by atoms with Crippen LogP contribution in [0.15, 0.2) is 24.3 Å². The second kappa shape index (κ2) is 2.36. The number of fused-ring (bicyclic) bond motifs is 2. The molecule has 3 nitrogen and oxygen atoms in total. The summed E-state index contributed by atoms with van der Waals surface area (Å²) >= 11 is 0.